The van der Waals surface area contributed by atoms with Gasteiger partial charge in [-0.25, -0.2) is 0 Å². The van der Waals surface area contributed by atoms with E-state index in [2.05, 4.69) is 38.2 Å². The fourth-order valence-corrected chi connectivity index (χ4v) is 4.17. The average molecular weight is 160 g/mol. The Kier molecular flexibility index (Phi) is 0.909. The molecular weight excluding hydrogens is 144 g/mol. The van der Waals surface area contributed by atoms with Crippen molar-refractivity contribution in [3.8, 4) is 0 Å². The van der Waals surface area contributed by atoms with Crippen molar-refractivity contribution >= 4 is 0 Å². The van der Waals surface area contributed by atoms with Gasteiger partial charge in [-0.15, -0.1) is 0 Å². The van der Waals surface area contributed by atoms with Crippen LogP contribution in [0.15, 0.2) is 24.3 Å². The van der Waals surface area contributed by atoms with Crippen LogP contribution in [0.2, 0.25) is 0 Å². The van der Waals surface area contributed by atoms with E-state index in [1.165, 1.54) is 19.3 Å². The second kappa shape index (κ2) is 1.57. The molecule has 0 radical (unpaired) electrons. The van der Waals surface area contributed by atoms with Crippen LogP contribution >= 0.6 is 0 Å². The third-order valence-electron chi connectivity index (χ3n) is 4.98. The summed E-state index contributed by atoms with van der Waals surface area (Å²) in [5, 5.41) is 0. The molecule has 0 nitrogen and oxygen atoms in total. The molecule has 3 aliphatic carbocycles. The van der Waals surface area contributed by atoms with Gasteiger partial charge >= 0.3 is 0 Å². The van der Waals surface area contributed by atoms with Gasteiger partial charge in [0.2, 0.25) is 0 Å². The van der Waals surface area contributed by atoms with Crippen molar-refractivity contribution < 1.29 is 0 Å². The quantitative estimate of drug-likeness (QED) is 0.510. The molecule has 0 saturated heterocycles. The van der Waals surface area contributed by atoms with Gasteiger partial charge in [0, 0.05) is 10.8 Å². The molecule has 0 aliphatic heterocycles. The Labute approximate surface area is 74.4 Å². The zero-order valence-electron chi connectivity index (χ0n) is 7.93. The molecule has 0 spiro atoms. The summed E-state index contributed by atoms with van der Waals surface area (Å²) < 4.78 is 0. The van der Waals surface area contributed by atoms with E-state index >= 15 is 0 Å². The summed E-state index contributed by atoms with van der Waals surface area (Å²) in [6, 6.07) is 0. The molecule has 0 amide bonds. The van der Waals surface area contributed by atoms with Gasteiger partial charge in [-0.05, 0) is 18.3 Å². The number of hydrogen-bond acceptors (Lipinski definition) is 0. The smallest absolute Gasteiger partial charge is 0.00410 e. The summed E-state index contributed by atoms with van der Waals surface area (Å²) >= 11 is 0. The predicted octanol–water partition coefficient (Wildman–Crippen LogP) is 3.31. The minimum absolute atomic E-state index is 0.543. The molecule has 0 heterocycles. The van der Waals surface area contributed by atoms with Gasteiger partial charge in [0.15, 0.2) is 0 Å². The normalized spacial score (nSPS) is 51.8. The predicted molar refractivity (Wildman–Crippen MR) is 50.8 cm³/mol. The van der Waals surface area contributed by atoms with Gasteiger partial charge in [0.05, 0.1) is 0 Å². The molecule has 2 fully saturated rings. The molecule has 0 heteroatoms. The highest BCUT2D eigenvalue weighted by atomic mass is 14.8. The van der Waals surface area contributed by atoms with E-state index in [1.807, 2.05) is 0 Å². The van der Waals surface area contributed by atoms with Crippen LogP contribution < -0.4 is 0 Å². The Morgan fingerprint density at radius 3 is 1.92 bits per heavy atom. The highest BCUT2D eigenvalue weighted by molar-refractivity contribution is 5.45. The first kappa shape index (κ1) is 6.94. The fraction of sp³-hybridized carbons (Fsp3) is 0.667. The minimum atomic E-state index is 0.543. The maximum atomic E-state index is 2.47. The molecule has 2 unspecified atom stereocenters. The van der Waals surface area contributed by atoms with Gasteiger partial charge in [-0.2, -0.15) is 0 Å². The Balaban J connectivity index is 2.20. The second-order valence-electron chi connectivity index (χ2n) is 5.14. The summed E-state index contributed by atoms with van der Waals surface area (Å²) in [5.74, 6) is 0. The Morgan fingerprint density at radius 1 is 0.917 bits per heavy atom. The van der Waals surface area contributed by atoms with E-state index in [9.17, 15) is 0 Å². The molecule has 64 valence electrons. The lowest BCUT2D eigenvalue weighted by Gasteiger charge is -2.13. The van der Waals surface area contributed by atoms with Crippen molar-refractivity contribution in [1.82, 2.24) is 0 Å². The van der Waals surface area contributed by atoms with Crippen molar-refractivity contribution in [3.05, 3.63) is 24.3 Å². The average Bonchev–Trinajstić information content (AvgIpc) is 2.44. The molecule has 0 bridgehead atoms. The van der Waals surface area contributed by atoms with E-state index in [4.69, 9.17) is 0 Å². The zero-order valence-corrected chi connectivity index (χ0v) is 7.93. The van der Waals surface area contributed by atoms with E-state index in [1.54, 1.807) is 0 Å². The second-order valence-corrected chi connectivity index (χ2v) is 5.14. The lowest BCUT2D eigenvalue weighted by atomic mass is 9.91. The van der Waals surface area contributed by atoms with Crippen LogP contribution in [0.5, 0.6) is 0 Å². The highest BCUT2D eigenvalue weighted by Crippen LogP contribution is 2.87. The summed E-state index contributed by atoms with van der Waals surface area (Å²) in [4.78, 5) is 0. The third kappa shape index (κ3) is 0.396. The van der Waals surface area contributed by atoms with Crippen LogP contribution in [0, 0.1) is 16.2 Å². The number of allylic oxidation sites excluding steroid dienone is 4. The summed E-state index contributed by atoms with van der Waals surface area (Å²) in [6.07, 6.45) is 13.7. The first-order valence-electron chi connectivity index (χ1n) is 5.03. The molecule has 12 heavy (non-hydrogen) atoms. The molecule has 0 aromatic carbocycles. The van der Waals surface area contributed by atoms with E-state index in [0.717, 1.165) is 0 Å². The molecule has 3 aliphatic rings. The molecular formula is C12H16. The SMILES string of the molecule is CC1(C)C23C=CC=CC12CCC3. The summed E-state index contributed by atoms with van der Waals surface area (Å²) in [7, 11) is 0. The van der Waals surface area contributed by atoms with Crippen molar-refractivity contribution in [1.29, 1.82) is 0 Å². The summed E-state index contributed by atoms with van der Waals surface area (Å²) in [6.45, 7) is 4.87. The Hall–Kier alpha value is -0.520. The fourth-order valence-electron chi connectivity index (χ4n) is 4.17. The van der Waals surface area contributed by atoms with Crippen molar-refractivity contribution in [2.75, 3.05) is 0 Å². The monoisotopic (exact) mass is 160 g/mol. The lowest BCUT2D eigenvalue weighted by molar-refractivity contribution is 0.397. The van der Waals surface area contributed by atoms with E-state index < -0.39 is 0 Å². The maximum absolute atomic E-state index is 2.47. The van der Waals surface area contributed by atoms with Crippen molar-refractivity contribution in [2.45, 2.75) is 33.1 Å². The van der Waals surface area contributed by atoms with Crippen LogP contribution in [0.25, 0.3) is 0 Å². The van der Waals surface area contributed by atoms with E-state index in [-0.39, 0.29) is 0 Å². The minimum Gasteiger partial charge on any atom is -0.0769 e. The van der Waals surface area contributed by atoms with Gasteiger partial charge in [-0.3, -0.25) is 0 Å². The largest absolute Gasteiger partial charge is 0.0769 e. The van der Waals surface area contributed by atoms with Crippen LogP contribution in [0.3, 0.4) is 0 Å². The molecule has 2 saturated carbocycles. The molecule has 0 aromatic heterocycles. The highest BCUT2D eigenvalue weighted by Gasteiger charge is 2.80. The molecule has 0 N–H and O–H groups in total. The van der Waals surface area contributed by atoms with Gasteiger partial charge in [-0.1, -0.05) is 44.6 Å². The topological polar surface area (TPSA) is 0 Å². The molecule has 0 aromatic rings. The van der Waals surface area contributed by atoms with Gasteiger partial charge in [0.25, 0.3) is 0 Å². The van der Waals surface area contributed by atoms with Crippen molar-refractivity contribution in [2.24, 2.45) is 16.2 Å². The Morgan fingerprint density at radius 2 is 1.42 bits per heavy atom. The van der Waals surface area contributed by atoms with Crippen LogP contribution in [0.1, 0.15) is 33.1 Å². The zero-order chi connectivity index (χ0) is 8.45. The van der Waals surface area contributed by atoms with Crippen molar-refractivity contribution in [3.63, 3.8) is 0 Å². The maximum Gasteiger partial charge on any atom is 0.00410 e. The molecule has 3 rings (SSSR count). The lowest BCUT2D eigenvalue weighted by Crippen LogP contribution is -2.04. The summed E-state index contributed by atoms with van der Waals surface area (Å²) in [5.41, 5.74) is 1.67. The van der Waals surface area contributed by atoms with Crippen LogP contribution in [0.4, 0.5) is 0 Å². The van der Waals surface area contributed by atoms with E-state index in [0.29, 0.717) is 16.2 Å². The first-order chi connectivity index (χ1) is 5.66. The third-order valence-corrected chi connectivity index (χ3v) is 4.98. The Bertz CT molecular complexity index is 267. The standard InChI is InChI=1S/C12H16/c1-10(2)11-6-3-4-7-12(10,11)9-5-8-11/h3-4,6-7H,5,8-9H2,1-2H3. The van der Waals surface area contributed by atoms with Crippen LogP contribution in [-0.4, -0.2) is 0 Å². The van der Waals surface area contributed by atoms with Crippen LogP contribution in [-0.2, 0) is 0 Å². The van der Waals surface area contributed by atoms with Gasteiger partial charge in [0.1, 0.15) is 0 Å². The van der Waals surface area contributed by atoms with Gasteiger partial charge < -0.3 is 0 Å². The number of hydrogen-bond donors (Lipinski definition) is 0. The number of rotatable bonds is 0. The first-order valence-corrected chi connectivity index (χ1v) is 5.03. The molecule has 2 atom stereocenters.